The second-order valence-electron chi connectivity index (χ2n) is 6.74. The summed E-state index contributed by atoms with van der Waals surface area (Å²) < 4.78 is 6.10. The number of nitrogens with one attached hydrogen (secondary N) is 1. The van der Waals surface area contributed by atoms with Crippen LogP contribution in [-0.4, -0.2) is 39.5 Å². The highest BCUT2D eigenvalue weighted by atomic mass is 32.1. The van der Waals surface area contributed by atoms with Crippen LogP contribution in [-0.2, 0) is 6.54 Å². The number of pyridine rings is 2. The zero-order chi connectivity index (χ0) is 18.5. The molecular formula is C20H22N4O2S. The molecule has 6 nitrogen and oxygen atoms in total. The van der Waals surface area contributed by atoms with Crippen molar-refractivity contribution in [2.24, 2.45) is 5.92 Å². The third-order valence-corrected chi connectivity index (χ3v) is 5.66. The maximum atomic E-state index is 11.8. The minimum Gasteiger partial charge on any atom is -0.491 e. The van der Waals surface area contributed by atoms with Gasteiger partial charge in [-0.2, -0.15) is 0 Å². The van der Waals surface area contributed by atoms with Crippen LogP contribution in [0.5, 0.6) is 5.75 Å². The fourth-order valence-corrected chi connectivity index (χ4v) is 3.99. The Bertz CT molecular complexity index is 917. The fraction of sp³-hybridized carbons (Fsp3) is 0.350. The molecule has 0 atom stereocenters. The molecular weight excluding hydrogens is 360 g/mol. The second-order valence-corrected chi connectivity index (χ2v) is 7.64. The molecule has 1 aliphatic rings. The molecule has 3 aromatic heterocycles. The van der Waals surface area contributed by atoms with Gasteiger partial charge in [0, 0.05) is 36.1 Å². The maximum absolute atomic E-state index is 11.8. The molecule has 0 radical (unpaired) electrons. The first kappa shape index (κ1) is 17.9. The van der Waals surface area contributed by atoms with Gasteiger partial charge < -0.3 is 9.72 Å². The van der Waals surface area contributed by atoms with Crippen molar-refractivity contribution in [1.29, 1.82) is 0 Å². The number of piperidine rings is 1. The zero-order valence-electron chi connectivity index (χ0n) is 15.0. The van der Waals surface area contributed by atoms with Gasteiger partial charge in [-0.15, -0.1) is 11.3 Å². The number of aromatic nitrogens is 3. The average molecular weight is 382 g/mol. The quantitative estimate of drug-likeness (QED) is 0.709. The molecule has 4 rings (SSSR count). The Morgan fingerprint density at radius 3 is 2.85 bits per heavy atom. The lowest BCUT2D eigenvalue weighted by Crippen LogP contribution is -2.36. The van der Waals surface area contributed by atoms with Crippen LogP contribution in [0, 0.1) is 5.92 Å². The Balaban J connectivity index is 1.31. The van der Waals surface area contributed by atoms with Crippen LogP contribution in [0.4, 0.5) is 0 Å². The number of nitrogens with zero attached hydrogens (tertiary/aromatic N) is 3. The summed E-state index contributed by atoms with van der Waals surface area (Å²) in [4.78, 5) is 25.7. The zero-order valence-corrected chi connectivity index (χ0v) is 15.8. The molecule has 0 aliphatic carbocycles. The fourth-order valence-electron chi connectivity index (χ4n) is 3.35. The van der Waals surface area contributed by atoms with Crippen molar-refractivity contribution in [3.8, 4) is 16.5 Å². The smallest absolute Gasteiger partial charge is 0.252 e. The van der Waals surface area contributed by atoms with Crippen LogP contribution in [0.1, 0.15) is 18.4 Å². The summed E-state index contributed by atoms with van der Waals surface area (Å²) in [5, 5.41) is 2.83. The van der Waals surface area contributed by atoms with Crippen LogP contribution in [0.25, 0.3) is 10.7 Å². The molecule has 0 bridgehead atoms. The lowest BCUT2D eigenvalue weighted by Gasteiger charge is -2.31. The van der Waals surface area contributed by atoms with Crippen molar-refractivity contribution < 1.29 is 4.74 Å². The van der Waals surface area contributed by atoms with E-state index in [4.69, 9.17) is 4.74 Å². The topological polar surface area (TPSA) is 71.1 Å². The first-order chi connectivity index (χ1) is 13.3. The first-order valence-electron chi connectivity index (χ1n) is 9.16. The summed E-state index contributed by atoms with van der Waals surface area (Å²) in [5.41, 5.74) is 1.65. The number of aromatic amines is 1. The van der Waals surface area contributed by atoms with Crippen molar-refractivity contribution in [2.45, 2.75) is 19.4 Å². The van der Waals surface area contributed by atoms with E-state index >= 15 is 0 Å². The van der Waals surface area contributed by atoms with Gasteiger partial charge in [0.25, 0.3) is 5.56 Å². The van der Waals surface area contributed by atoms with Gasteiger partial charge in [0.05, 0.1) is 6.61 Å². The van der Waals surface area contributed by atoms with Crippen LogP contribution < -0.4 is 10.3 Å². The van der Waals surface area contributed by atoms with Gasteiger partial charge in [-0.25, -0.2) is 9.97 Å². The highest BCUT2D eigenvalue weighted by Crippen LogP contribution is 2.30. The van der Waals surface area contributed by atoms with Crippen molar-refractivity contribution in [3.63, 3.8) is 0 Å². The molecule has 0 saturated carbocycles. The highest BCUT2D eigenvalue weighted by molar-refractivity contribution is 7.13. The maximum Gasteiger partial charge on any atom is 0.252 e. The molecule has 0 spiro atoms. The number of rotatable bonds is 6. The van der Waals surface area contributed by atoms with Crippen LogP contribution >= 0.6 is 11.3 Å². The molecule has 4 heterocycles. The number of hydrogen-bond acceptors (Lipinski definition) is 6. The number of hydrogen-bond donors (Lipinski definition) is 1. The van der Waals surface area contributed by atoms with Gasteiger partial charge in [-0.1, -0.05) is 6.07 Å². The normalized spacial score (nSPS) is 15.7. The Kier molecular flexibility index (Phi) is 5.60. The first-order valence-corrected chi connectivity index (χ1v) is 10.0. The largest absolute Gasteiger partial charge is 0.491 e. The van der Waals surface area contributed by atoms with Crippen LogP contribution in [0.2, 0.25) is 0 Å². The molecule has 1 saturated heterocycles. The minimum atomic E-state index is 0.00857. The number of thiazole rings is 1. The van der Waals surface area contributed by atoms with E-state index in [9.17, 15) is 4.79 Å². The van der Waals surface area contributed by atoms with E-state index in [1.165, 1.54) is 0 Å². The predicted molar refractivity (Wildman–Crippen MR) is 106 cm³/mol. The number of ether oxygens (including phenoxy) is 1. The molecule has 0 aromatic carbocycles. The third-order valence-electron chi connectivity index (χ3n) is 4.88. The SMILES string of the molecule is O=c1[nH]cccc1CN1CCC(COc2cccnc2-c2nccs2)CC1. The van der Waals surface area contributed by atoms with E-state index in [1.807, 2.05) is 29.6 Å². The molecule has 1 N–H and O–H groups in total. The Labute approximate surface area is 161 Å². The summed E-state index contributed by atoms with van der Waals surface area (Å²) in [5.74, 6) is 1.31. The van der Waals surface area contributed by atoms with Gasteiger partial charge in [-0.05, 0) is 50.0 Å². The highest BCUT2D eigenvalue weighted by Gasteiger charge is 2.21. The molecule has 3 aromatic rings. The molecule has 0 amide bonds. The van der Waals surface area contributed by atoms with Gasteiger partial charge in [0.15, 0.2) is 0 Å². The van der Waals surface area contributed by atoms with E-state index in [1.54, 1.807) is 29.9 Å². The molecule has 1 fully saturated rings. The van der Waals surface area contributed by atoms with Crippen LogP contribution in [0.15, 0.2) is 53.0 Å². The van der Waals surface area contributed by atoms with Crippen molar-refractivity contribution >= 4 is 11.3 Å². The Morgan fingerprint density at radius 1 is 1.19 bits per heavy atom. The van der Waals surface area contributed by atoms with Gasteiger partial charge >= 0.3 is 0 Å². The van der Waals surface area contributed by atoms with Gasteiger partial charge in [-0.3, -0.25) is 9.69 Å². The standard InChI is InChI=1S/C20H22N4O2S/c25-19-16(3-1-8-22-19)13-24-10-5-15(6-11-24)14-26-17-4-2-7-21-18(17)20-23-9-12-27-20/h1-4,7-9,12,15H,5-6,10-11,13-14H2,(H,22,25). The van der Waals surface area contributed by atoms with Crippen molar-refractivity contribution in [3.05, 3.63) is 64.2 Å². The number of H-pyrrole nitrogens is 1. The molecule has 140 valence electrons. The predicted octanol–water partition coefficient (Wildman–Crippen LogP) is 3.18. The summed E-state index contributed by atoms with van der Waals surface area (Å²) in [6, 6.07) is 7.63. The summed E-state index contributed by atoms with van der Waals surface area (Å²) in [6.07, 6.45) is 7.36. The molecule has 27 heavy (non-hydrogen) atoms. The molecule has 1 aliphatic heterocycles. The van der Waals surface area contributed by atoms with Gasteiger partial charge in [0.2, 0.25) is 0 Å². The third kappa shape index (κ3) is 4.43. The monoisotopic (exact) mass is 382 g/mol. The van der Waals surface area contributed by atoms with Crippen molar-refractivity contribution in [2.75, 3.05) is 19.7 Å². The van der Waals surface area contributed by atoms with E-state index in [0.29, 0.717) is 19.1 Å². The van der Waals surface area contributed by atoms with E-state index in [-0.39, 0.29) is 5.56 Å². The van der Waals surface area contributed by atoms with E-state index in [2.05, 4.69) is 19.9 Å². The van der Waals surface area contributed by atoms with E-state index in [0.717, 1.165) is 47.9 Å². The van der Waals surface area contributed by atoms with Crippen LogP contribution in [0.3, 0.4) is 0 Å². The van der Waals surface area contributed by atoms with Gasteiger partial charge in [0.1, 0.15) is 16.5 Å². The Hall–Kier alpha value is -2.51. The Morgan fingerprint density at radius 2 is 2.07 bits per heavy atom. The van der Waals surface area contributed by atoms with Crippen molar-refractivity contribution in [1.82, 2.24) is 19.9 Å². The molecule has 7 heteroatoms. The number of likely N-dealkylation sites (tertiary alicyclic amines) is 1. The summed E-state index contributed by atoms with van der Waals surface area (Å²) in [7, 11) is 0. The average Bonchev–Trinajstić information content (AvgIpc) is 3.24. The van der Waals surface area contributed by atoms with E-state index < -0.39 is 0 Å². The summed E-state index contributed by atoms with van der Waals surface area (Å²) >= 11 is 1.57. The second kappa shape index (κ2) is 8.45. The lowest BCUT2D eigenvalue weighted by molar-refractivity contribution is 0.136. The summed E-state index contributed by atoms with van der Waals surface area (Å²) in [6.45, 7) is 3.36. The molecule has 0 unspecified atom stereocenters. The minimum absolute atomic E-state index is 0.00857. The lowest BCUT2D eigenvalue weighted by atomic mass is 9.97.